The van der Waals surface area contributed by atoms with Crippen molar-refractivity contribution in [2.45, 2.75) is 69.5 Å². The van der Waals surface area contributed by atoms with Gasteiger partial charge in [-0.15, -0.1) is 0 Å². The van der Waals surface area contributed by atoms with Crippen molar-refractivity contribution in [2.24, 2.45) is 5.92 Å². The van der Waals surface area contributed by atoms with Crippen molar-refractivity contribution in [1.82, 2.24) is 0 Å². The molecule has 3 aliphatic rings. The molecule has 4 aromatic rings. The van der Waals surface area contributed by atoms with Crippen LogP contribution in [0.4, 0.5) is 0 Å². The van der Waals surface area contributed by atoms with E-state index in [-0.39, 0.29) is 23.0 Å². The van der Waals surface area contributed by atoms with E-state index >= 15 is 0 Å². The highest BCUT2D eigenvalue weighted by molar-refractivity contribution is 5.91. The number of benzene rings is 4. The molecule has 40 heavy (non-hydrogen) atoms. The highest BCUT2D eigenvalue weighted by Crippen LogP contribution is 2.52. The fraction of sp³-hybridized carbons (Fsp3) is 0.444. The van der Waals surface area contributed by atoms with E-state index in [9.17, 15) is 0 Å². The van der Waals surface area contributed by atoms with Gasteiger partial charge in [-0.1, -0.05) is 93.6 Å². The lowest BCUT2D eigenvalue weighted by molar-refractivity contribution is 0.170. The molecule has 0 N–H and O–H groups in total. The molecule has 2 unspecified atom stereocenters. The van der Waals surface area contributed by atoms with Crippen molar-refractivity contribution < 1.29 is 18.9 Å². The molecule has 4 nitrogen and oxygen atoms in total. The highest BCUT2D eigenvalue weighted by atomic mass is 16.6. The number of hydrogen-bond donors (Lipinski definition) is 0. The van der Waals surface area contributed by atoms with E-state index in [1.165, 1.54) is 45.5 Å². The monoisotopic (exact) mass is 536 g/mol. The lowest BCUT2D eigenvalue weighted by atomic mass is 9.60. The second-order valence-electron chi connectivity index (χ2n) is 12.9. The minimum absolute atomic E-state index is 0.0167. The van der Waals surface area contributed by atoms with Crippen molar-refractivity contribution in [3.63, 3.8) is 0 Å². The Morgan fingerprint density at radius 3 is 1.85 bits per heavy atom. The maximum atomic E-state index is 6.52. The third-order valence-electron chi connectivity index (χ3n) is 9.85. The van der Waals surface area contributed by atoms with Crippen LogP contribution < -0.4 is 9.47 Å². The SMILES string of the molecule is CC1(c2ccc3ccccc3c2OCC2CO2)CCC(C(C)(C)c2ccc3ccccc3c2OCC2CO2)CC1. The maximum Gasteiger partial charge on any atom is 0.131 e. The lowest BCUT2D eigenvalue weighted by Crippen LogP contribution is -2.37. The minimum atomic E-state index is -0.0167. The van der Waals surface area contributed by atoms with Gasteiger partial charge in [-0.05, 0) is 53.2 Å². The Bertz CT molecular complexity index is 1520. The van der Waals surface area contributed by atoms with Crippen molar-refractivity contribution in [3.8, 4) is 11.5 Å². The molecule has 1 aliphatic carbocycles. The molecule has 2 atom stereocenters. The van der Waals surface area contributed by atoms with Crippen molar-refractivity contribution in [2.75, 3.05) is 26.4 Å². The summed E-state index contributed by atoms with van der Waals surface area (Å²) in [5.41, 5.74) is 2.72. The van der Waals surface area contributed by atoms with Gasteiger partial charge in [0.15, 0.2) is 0 Å². The van der Waals surface area contributed by atoms with Gasteiger partial charge >= 0.3 is 0 Å². The van der Waals surface area contributed by atoms with Crippen molar-refractivity contribution in [3.05, 3.63) is 83.9 Å². The quantitative estimate of drug-likeness (QED) is 0.204. The van der Waals surface area contributed by atoms with E-state index < -0.39 is 0 Å². The molecule has 1 saturated carbocycles. The van der Waals surface area contributed by atoms with Gasteiger partial charge in [-0.2, -0.15) is 0 Å². The number of hydrogen-bond acceptors (Lipinski definition) is 4. The van der Waals surface area contributed by atoms with Crippen molar-refractivity contribution in [1.29, 1.82) is 0 Å². The standard InChI is InChI=1S/C36H40O4/c1-35(2,31-14-12-24-8-4-6-10-29(24)33(31)39-22-27-20-37-27)26-16-18-36(3,19-17-26)32-15-13-25-9-5-7-11-30(25)34(32)40-23-28-21-38-28/h4-15,26-28H,16-23H2,1-3H3. The number of rotatable bonds is 9. The Morgan fingerprint density at radius 1 is 0.725 bits per heavy atom. The first-order chi connectivity index (χ1) is 19.4. The zero-order valence-corrected chi connectivity index (χ0v) is 24.0. The molecule has 7 rings (SSSR count). The van der Waals surface area contributed by atoms with E-state index in [0.717, 1.165) is 37.6 Å². The van der Waals surface area contributed by atoms with Crippen LogP contribution >= 0.6 is 0 Å². The molecular formula is C36H40O4. The zero-order valence-electron chi connectivity index (χ0n) is 24.0. The summed E-state index contributed by atoms with van der Waals surface area (Å²) in [6.07, 6.45) is 5.07. The van der Waals surface area contributed by atoms with Gasteiger partial charge in [-0.25, -0.2) is 0 Å². The van der Waals surface area contributed by atoms with E-state index in [2.05, 4.69) is 93.6 Å². The molecule has 2 saturated heterocycles. The van der Waals surface area contributed by atoms with Crippen LogP contribution in [0.5, 0.6) is 11.5 Å². The number of fused-ring (bicyclic) bond motifs is 2. The number of ether oxygens (including phenoxy) is 4. The maximum absolute atomic E-state index is 6.52. The molecule has 3 fully saturated rings. The highest BCUT2D eigenvalue weighted by Gasteiger charge is 2.42. The first kappa shape index (κ1) is 25.9. The van der Waals surface area contributed by atoms with Crippen LogP contribution in [0.3, 0.4) is 0 Å². The Kier molecular flexibility index (Phi) is 6.52. The fourth-order valence-corrected chi connectivity index (χ4v) is 6.93. The van der Waals surface area contributed by atoms with Gasteiger partial charge in [0.05, 0.1) is 13.2 Å². The number of epoxide rings is 2. The second kappa shape index (κ2) is 10.1. The van der Waals surface area contributed by atoms with Crippen LogP contribution in [-0.2, 0) is 20.3 Å². The second-order valence-corrected chi connectivity index (χ2v) is 12.9. The predicted octanol–water partition coefficient (Wildman–Crippen LogP) is 7.97. The zero-order chi connectivity index (χ0) is 27.3. The normalized spacial score (nSPS) is 26.1. The predicted molar refractivity (Wildman–Crippen MR) is 161 cm³/mol. The molecule has 0 bridgehead atoms. The van der Waals surface area contributed by atoms with Crippen LogP contribution in [0.25, 0.3) is 21.5 Å². The van der Waals surface area contributed by atoms with E-state index in [1.54, 1.807) is 0 Å². The smallest absolute Gasteiger partial charge is 0.131 e. The van der Waals surface area contributed by atoms with Gasteiger partial charge in [0.25, 0.3) is 0 Å². The van der Waals surface area contributed by atoms with Crippen LogP contribution in [0.15, 0.2) is 72.8 Å². The first-order valence-corrected chi connectivity index (χ1v) is 15.0. The van der Waals surface area contributed by atoms with Gasteiger partial charge in [-0.3, -0.25) is 0 Å². The van der Waals surface area contributed by atoms with Gasteiger partial charge in [0.1, 0.15) is 36.9 Å². The van der Waals surface area contributed by atoms with Gasteiger partial charge in [0.2, 0.25) is 0 Å². The van der Waals surface area contributed by atoms with Gasteiger partial charge in [0, 0.05) is 21.9 Å². The summed E-state index contributed by atoms with van der Waals surface area (Å²) in [5, 5.41) is 4.87. The van der Waals surface area contributed by atoms with Gasteiger partial charge < -0.3 is 18.9 Å². The minimum Gasteiger partial charge on any atom is -0.490 e. The molecule has 0 aromatic heterocycles. The summed E-state index contributed by atoms with van der Waals surface area (Å²) in [6, 6.07) is 26.4. The third-order valence-corrected chi connectivity index (χ3v) is 9.85. The third kappa shape index (κ3) is 4.86. The summed E-state index contributed by atoms with van der Waals surface area (Å²) in [5.74, 6) is 2.66. The molecular weight excluding hydrogens is 496 g/mol. The topological polar surface area (TPSA) is 43.5 Å². The van der Waals surface area contributed by atoms with Crippen LogP contribution in [-0.4, -0.2) is 38.6 Å². The molecule has 0 spiro atoms. The average Bonchev–Trinajstić information content (AvgIpc) is 3.90. The molecule has 2 aliphatic heterocycles. The van der Waals surface area contributed by atoms with E-state index in [4.69, 9.17) is 18.9 Å². The summed E-state index contributed by atoms with van der Waals surface area (Å²) >= 11 is 0. The fourth-order valence-electron chi connectivity index (χ4n) is 6.93. The lowest BCUT2D eigenvalue weighted by Gasteiger charge is -2.45. The Hall–Kier alpha value is -3.08. The van der Waals surface area contributed by atoms with Crippen molar-refractivity contribution >= 4 is 21.5 Å². The Morgan fingerprint density at radius 2 is 1.25 bits per heavy atom. The summed E-state index contributed by atoms with van der Waals surface area (Å²) in [6.45, 7) is 10.2. The van der Waals surface area contributed by atoms with E-state index in [1.807, 2.05) is 0 Å². The van der Waals surface area contributed by atoms with E-state index in [0.29, 0.717) is 19.1 Å². The summed E-state index contributed by atoms with van der Waals surface area (Å²) in [4.78, 5) is 0. The average molecular weight is 537 g/mol. The molecule has 4 heteroatoms. The Balaban J connectivity index is 1.17. The largest absolute Gasteiger partial charge is 0.490 e. The Labute approximate surface area is 237 Å². The molecule has 4 aromatic carbocycles. The first-order valence-electron chi connectivity index (χ1n) is 15.0. The molecule has 0 amide bonds. The molecule has 208 valence electrons. The summed E-state index contributed by atoms with van der Waals surface area (Å²) < 4.78 is 24.0. The summed E-state index contributed by atoms with van der Waals surface area (Å²) in [7, 11) is 0. The van der Waals surface area contributed by atoms with Crippen LogP contribution in [0, 0.1) is 5.92 Å². The van der Waals surface area contributed by atoms with Crippen LogP contribution in [0.1, 0.15) is 57.6 Å². The molecule has 0 radical (unpaired) electrons. The molecule has 2 heterocycles. The van der Waals surface area contributed by atoms with Crippen LogP contribution in [0.2, 0.25) is 0 Å².